The molecule has 0 aliphatic rings. The molecule has 0 heterocycles. The SMILES string of the molecule is COc1cc(C)c(NC(=O)CCC(=O)c2ccc(Cl)cc2)cc1OC. The Bertz CT molecular complexity index is 772. The van der Waals surface area contributed by atoms with Gasteiger partial charge in [0.25, 0.3) is 0 Å². The first-order chi connectivity index (χ1) is 11.9. The molecule has 0 radical (unpaired) electrons. The molecular formula is C19H20ClNO4. The van der Waals surface area contributed by atoms with Gasteiger partial charge in [-0.25, -0.2) is 0 Å². The second kappa shape index (κ2) is 8.53. The van der Waals surface area contributed by atoms with Crippen molar-refractivity contribution in [3.8, 4) is 11.5 Å². The maximum atomic E-state index is 12.2. The van der Waals surface area contributed by atoms with E-state index in [-0.39, 0.29) is 24.5 Å². The van der Waals surface area contributed by atoms with Gasteiger partial charge in [0.15, 0.2) is 17.3 Å². The van der Waals surface area contributed by atoms with Gasteiger partial charge in [0.05, 0.1) is 14.2 Å². The van der Waals surface area contributed by atoms with Gasteiger partial charge in [-0.3, -0.25) is 9.59 Å². The number of hydrogen-bond acceptors (Lipinski definition) is 4. The van der Waals surface area contributed by atoms with E-state index in [1.807, 2.05) is 6.92 Å². The first-order valence-corrected chi connectivity index (χ1v) is 8.13. The first kappa shape index (κ1) is 18.8. The van der Waals surface area contributed by atoms with Gasteiger partial charge < -0.3 is 14.8 Å². The number of Topliss-reactive ketones (excluding diaryl/α,β-unsaturated/α-hetero) is 1. The van der Waals surface area contributed by atoms with Crippen LogP contribution in [-0.2, 0) is 4.79 Å². The lowest BCUT2D eigenvalue weighted by atomic mass is 10.1. The van der Waals surface area contributed by atoms with E-state index in [0.717, 1.165) is 5.56 Å². The zero-order valence-electron chi connectivity index (χ0n) is 14.4. The standard InChI is InChI=1S/C19H20ClNO4/c1-12-10-17(24-2)18(25-3)11-15(12)21-19(23)9-8-16(22)13-4-6-14(20)7-5-13/h4-7,10-11H,8-9H2,1-3H3,(H,21,23). The second-order valence-electron chi connectivity index (χ2n) is 5.50. The quantitative estimate of drug-likeness (QED) is 0.748. The number of methoxy groups -OCH3 is 2. The summed E-state index contributed by atoms with van der Waals surface area (Å²) in [5.74, 6) is 0.782. The predicted molar refractivity (Wildman–Crippen MR) is 97.9 cm³/mol. The fourth-order valence-corrected chi connectivity index (χ4v) is 2.46. The van der Waals surface area contributed by atoms with Crippen molar-refractivity contribution in [1.29, 1.82) is 0 Å². The summed E-state index contributed by atoms with van der Waals surface area (Å²) in [6, 6.07) is 10.1. The Kier molecular flexibility index (Phi) is 6.42. The lowest BCUT2D eigenvalue weighted by Gasteiger charge is -2.13. The van der Waals surface area contributed by atoms with Crippen LogP contribution in [0.15, 0.2) is 36.4 Å². The average molecular weight is 362 g/mol. The normalized spacial score (nSPS) is 10.2. The van der Waals surface area contributed by atoms with Gasteiger partial charge in [-0.2, -0.15) is 0 Å². The fraction of sp³-hybridized carbons (Fsp3) is 0.263. The van der Waals surface area contributed by atoms with E-state index in [0.29, 0.717) is 27.8 Å². The van der Waals surface area contributed by atoms with Crippen molar-refractivity contribution in [1.82, 2.24) is 0 Å². The molecule has 25 heavy (non-hydrogen) atoms. The molecule has 0 atom stereocenters. The molecule has 1 amide bonds. The second-order valence-corrected chi connectivity index (χ2v) is 5.94. The Morgan fingerprint density at radius 1 is 1.00 bits per heavy atom. The van der Waals surface area contributed by atoms with Crippen LogP contribution in [0.5, 0.6) is 11.5 Å². The number of aryl methyl sites for hydroxylation is 1. The van der Waals surface area contributed by atoms with E-state index in [1.54, 1.807) is 43.5 Å². The zero-order valence-corrected chi connectivity index (χ0v) is 15.1. The highest BCUT2D eigenvalue weighted by Gasteiger charge is 2.13. The van der Waals surface area contributed by atoms with Gasteiger partial charge >= 0.3 is 0 Å². The Morgan fingerprint density at radius 2 is 1.60 bits per heavy atom. The Hall–Kier alpha value is -2.53. The highest BCUT2D eigenvalue weighted by atomic mass is 35.5. The van der Waals surface area contributed by atoms with E-state index in [2.05, 4.69) is 5.32 Å². The number of halogens is 1. The van der Waals surface area contributed by atoms with Crippen LogP contribution in [0, 0.1) is 6.92 Å². The highest BCUT2D eigenvalue weighted by molar-refractivity contribution is 6.30. The minimum Gasteiger partial charge on any atom is -0.493 e. The largest absolute Gasteiger partial charge is 0.493 e. The molecule has 5 nitrogen and oxygen atoms in total. The summed E-state index contributed by atoms with van der Waals surface area (Å²) in [6.07, 6.45) is 0.217. The molecule has 0 aliphatic carbocycles. The van der Waals surface area contributed by atoms with Gasteiger partial charge in [0.2, 0.25) is 5.91 Å². The number of ketones is 1. The molecular weight excluding hydrogens is 342 g/mol. The Labute approximate surface area is 151 Å². The monoisotopic (exact) mass is 361 g/mol. The van der Waals surface area contributed by atoms with Crippen molar-refractivity contribution < 1.29 is 19.1 Å². The van der Waals surface area contributed by atoms with Crippen LogP contribution < -0.4 is 14.8 Å². The number of benzene rings is 2. The minimum absolute atomic E-state index is 0.0925. The molecule has 132 valence electrons. The molecule has 0 saturated carbocycles. The van der Waals surface area contributed by atoms with Gasteiger partial charge in [0.1, 0.15) is 0 Å². The van der Waals surface area contributed by atoms with E-state index >= 15 is 0 Å². The van der Waals surface area contributed by atoms with Crippen LogP contribution in [-0.4, -0.2) is 25.9 Å². The number of ether oxygens (including phenoxy) is 2. The maximum Gasteiger partial charge on any atom is 0.224 e. The molecule has 2 rings (SSSR count). The summed E-state index contributed by atoms with van der Waals surface area (Å²) in [6.45, 7) is 1.86. The maximum absolute atomic E-state index is 12.2. The predicted octanol–water partition coefficient (Wildman–Crippen LogP) is 4.27. The molecule has 0 fully saturated rings. The molecule has 2 aromatic rings. The van der Waals surface area contributed by atoms with Crippen LogP contribution in [0.4, 0.5) is 5.69 Å². The molecule has 0 saturated heterocycles. The fourth-order valence-electron chi connectivity index (χ4n) is 2.34. The minimum atomic E-state index is -0.238. The number of hydrogen-bond donors (Lipinski definition) is 1. The summed E-state index contributed by atoms with van der Waals surface area (Å²) in [5.41, 5.74) is 2.01. The third-order valence-electron chi connectivity index (χ3n) is 3.75. The summed E-state index contributed by atoms with van der Waals surface area (Å²) in [7, 11) is 3.08. The highest BCUT2D eigenvalue weighted by Crippen LogP contribution is 2.32. The molecule has 6 heteroatoms. The van der Waals surface area contributed by atoms with E-state index < -0.39 is 0 Å². The van der Waals surface area contributed by atoms with Crippen LogP contribution >= 0.6 is 11.6 Å². The number of amides is 1. The molecule has 1 N–H and O–H groups in total. The van der Waals surface area contributed by atoms with Crippen LogP contribution in [0.25, 0.3) is 0 Å². The molecule has 2 aromatic carbocycles. The third-order valence-corrected chi connectivity index (χ3v) is 4.00. The smallest absolute Gasteiger partial charge is 0.224 e. The molecule has 0 unspecified atom stereocenters. The topological polar surface area (TPSA) is 64.6 Å². The number of anilines is 1. The summed E-state index contributed by atoms with van der Waals surface area (Å²) >= 11 is 5.80. The Morgan fingerprint density at radius 3 is 2.20 bits per heavy atom. The van der Waals surface area contributed by atoms with E-state index in [1.165, 1.54) is 7.11 Å². The van der Waals surface area contributed by atoms with Gasteiger partial charge in [-0.15, -0.1) is 0 Å². The third kappa shape index (κ3) is 4.97. The van der Waals surface area contributed by atoms with Crippen molar-refractivity contribution in [2.45, 2.75) is 19.8 Å². The summed E-state index contributed by atoms with van der Waals surface area (Å²) < 4.78 is 10.5. The number of rotatable bonds is 7. The molecule has 0 spiro atoms. The van der Waals surface area contributed by atoms with Crippen molar-refractivity contribution in [2.75, 3.05) is 19.5 Å². The van der Waals surface area contributed by atoms with Gasteiger partial charge in [-0.1, -0.05) is 11.6 Å². The van der Waals surface area contributed by atoms with Crippen molar-refractivity contribution in [3.05, 3.63) is 52.5 Å². The van der Waals surface area contributed by atoms with E-state index in [9.17, 15) is 9.59 Å². The number of nitrogens with one attached hydrogen (secondary N) is 1. The lowest BCUT2D eigenvalue weighted by Crippen LogP contribution is -2.14. The number of carbonyl (C=O) groups excluding carboxylic acids is 2. The van der Waals surface area contributed by atoms with Crippen LogP contribution in [0.1, 0.15) is 28.8 Å². The van der Waals surface area contributed by atoms with Crippen molar-refractivity contribution >= 4 is 29.0 Å². The average Bonchev–Trinajstić information content (AvgIpc) is 2.61. The molecule has 0 aliphatic heterocycles. The number of carbonyl (C=O) groups is 2. The van der Waals surface area contributed by atoms with Crippen LogP contribution in [0.2, 0.25) is 5.02 Å². The Balaban J connectivity index is 1.98. The first-order valence-electron chi connectivity index (χ1n) is 7.76. The molecule has 0 bridgehead atoms. The van der Waals surface area contributed by atoms with Crippen molar-refractivity contribution in [3.63, 3.8) is 0 Å². The van der Waals surface area contributed by atoms with Crippen LogP contribution in [0.3, 0.4) is 0 Å². The van der Waals surface area contributed by atoms with Gasteiger partial charge in [0, 0.05) is 35.2 Å². The zero-order chi connectivity index (χ0) is 18.4. The summed E-state index contributed by atoms with van der Waals surface area (Å²) in [5, 5.41) is 3.37. The lowest BCUT2D eigenvalue weighted by molar-refractivity contribution is -0.116. The summed E-state index contributed by atoms with van der Waals surface area (Å²) in [4.78, 5) is 24.3. The molecule has 0 aromatic heterocycles. The van der Waals surface area contributed by atoms with Crippen molar-refractivity contribution in [2.24, 2.45) is 0 Å². The van der Waals surface area contributed by atoms with E-state index in [4.69, 9.17) is 21.1 Å². The van der Waals surface area contributed by atoms with Gasteiger partial charge in [-0.05, 0) is 42.8 Å².